The number of rotatable bonds is 6. The SMILES string of the molecule is CCC(CC)c1cc[n+](CC(=O)Nc2ccc(C)cc2Cl)cc1. The fourth-order valence-electron chi connectivity index (χ4n) is 2.68. The van der Waals surface area contributed by atoms with Crippen molar-refractivity contribution in [2.24, 2.45) is 0 Å². The molecule has 2 rings (SSSR count). The van der Waals surface area contributed by atoms with Gasteiger partial charge in [-0.1, -0.05) is 31.5 Å². The Morgan fingerprint density at radius 1 is 1.17 bits per heavy atom. The lowest BCUT2D eigenvalue weighted by Crippen LogP contribution is -2.39. The number of nitrogens with one attached hydrogen (secondary N) is 1. The van der Waals surface area contributed by atoms with E-state index in [0.29, 0.717) is 16.6 Å². The van der Waals surface area contributed by atoms with Crippen LogP contribution in [0.5, 0.6) is 0 Å². The van der Waals surface area contributed by atoms with Gasteiger partial charge in [-0.2, -0.15) is 4.57 Å². The average Bonchev–Trinajstić information content (AvgIpc) is 2.53. The number of hydrogen-bond acceptors (Lipinski definition) is 1. The molecule has 4 heteroatoms. The molecule has 0 atom stereocenters. The number of carbonyl (C=O) groups excluding carboxylic acids is 1. The van der Waals surface area contributed by atoms with E-state index < -0.39 is 0 Å². The van der Waals surface area contributed by atoms with Crippen molar-refractivity contribution in [1.82, 2.24) is 0 Å². The third kappa shape index (κ3) is 4.80. The van der Waals surface area contributed by atoms with Gasteiger partial charge >= 0.3 is 0 Å². The lowest BCUT2D eigenvalue weighted by molar-refractivity contribution is -0.684. The Morgan fingerprint density at radius 2 is 1.83 bits per heavy atom. The van der Waals surface area contributed by atoms with Gasteiger partial charge in [-0.05, 0) is 48.9 Å². The second-order valence-electron chi connectivity index (χ2n) is 5.85. The minimum atomic E-state index is -0.0870. The van der Waals surface area contributed by atoms with Crippen LogP contribution in [0.15, 0.2) is 42.7 Å². The summed E-state index contributed by atoms with van der Waals surface area (Å²) in [4.78, 5) is 12.2. The van der Waals surface area contributed by atoms with Gasteiger partial charge < -0.3 is 5.32 Å². The van der Waals surface area contributed by atoms with Crippen molar-refractivity contribution in [2.75, 3.05) is 5.32 Å². The molecule has 0 aliphatic carbocycles. The highest BCUT2D eigenvalue weighted by atomic mass is 35.5. The third-order valence-electron chi connectivity index (χ3n) is 4.10. The van der Waals surface area contributed by atoms with Gasteiger partial charge in [-0.25, -0.2) is 0 Å². The second-order valence-corrected chi connectivity index (χ2v) is 6.26. The number of hydrogen-bond donors (Lipinski definition) is 1. The van der Waals surface area contributed by atoms with E-state index in [1.54, 1.807) is 0 Å². The van der Waals surface area contributed by atoms with Gasteiger partial charge in [-0.3, -0.25) is 4.79 Å². The fraction of sp³-hybridized carbons (Fsp3) is 0.368. The van der Waals surface area contributed by atoms with Crippen LogP contribution >= 0.6 is 11.6 Å². The van der Waals surface area contributed by atoms with Gasteiger partial charge in [-0.15, -0.1) is 0 Å². The summed E-state index contributed by atoms with van der Waals surface area (Å²) in [6.07, 6.45) is 6.19. The average molecular weight is 332 g/mol. The lowest BCUT2D eigenvalue weighted by Gasteiger charge is -2.11. The molecule has 0 bridgehead atoms. The normalized spacial score (nSPS) is 10.8. The molecule has 1 N–H and O–H groups in total. The van der Waals surface area contributed by atoms with Crippen molar-refractivity contribution >= 4 is 23.2 Å². The standard InChI is InChI=1S/C19H23ClN2O/c1-4-15(5-2)16-8-10-22(11-9-16)13-19(23)21-18-7-6-14(3)12-17(18)20/h6-12,15H,4-5,13H2,1-3H3/p+1. The summed E-state index contributed by atoms with van der Waals surface area (Å²) >= 11 is 6.14. The van der Waals surface area contributed by atoms with Crippen LogP contribution < -0.4 is 9.88 Å². The van der Waals surface area contributed by atoms with Gasteiger partial charge in [0.25, 0.3) is 5.91 Å². The van der Waals surface area contributed by atoms with Crippen LogP contribution in [0.25, 0.3) is 0 Å². The van der Waals surface area contributed by atoms with Crippen molar-refractivity contribution in [3.05, 3.63) is 58.9 Å². The number of halogens is 1. The predicted octanol–water partition coefficient (Wildman–Crippen LogP) is 4.48. The van der Waals surface area contributed by atoms with Crippen molar-refractivity contribution in [3.8, 4) is 0 Å². The minimum absolute atomic E-state index is 0.0870. The summed E-state index contributed by atoms with van der Waals surface area (Å²) in [6.45, 7) is 6.64. The largest absolute Gasteiger partial charge is 0.319 e. The van der Waals surface area contributed by atoms with E-state index in [-0.39, 0.29) is 12.5 Å². The molecule has 0 aliphatic rings. The Morgan fingerprint density at radius 3 is 2.39 bits per heavy atom. The Balaban J connectivity index is 2.00. The molecule has 0 saturated carbocycles. The number of aryl methyl sites for hydroxylation is 1. The first kappa shape index (κ1) is 17.5. The maximum absolute atomic E-state index is 12.2. The topological polar surface area (TPSA) is 33.0 Å². The second kappa shape index (κ2) is 8.11. The molecule has 0 aliphatic heterocycles. The van der Waals surface area contributed by atoms with Crippen molar-refractivity contribution < 1.29 is 9.36 Å². The number of aromatic nitrogens is 1. The Kier molecular flexibility index (Phi) is 6.17. The summed E-state index contributed by atoms with van der Waals surface area (Å²) < 4.78 is 1.88. The van der Waals surface area contributed by atoms with Crippen LogP contribution in [-0.4, -0.2) is 5.91 Å². The molecule has 1 amide bonds. The molecule has 0 radical (unpaired) electrons. The zero-order valence-corrected chi connectivity index (χ0v) is 14.7. The molecule has 3 nitrogen and oxygen atoms in total. The molecule has 1 heterocycles. The summed E-state index contributed by atoms with van der Waals surface area (Å²) in [7, 11) is 0. The predicted molar refractivity (Wildman–Crippen MR) is 94.8 cm³/mol. The van der Waals surface area contributed by atoms with Crippen LogP contribution in [0.4, 0.5) is 5.69 Å². The van der Waals surface area contributed by atoms with Gasteiger partial charge in [0.2, 0.25) is 6.54 Å². The number of amides is 1. The maximum atomic E-state index is 12.2. The number of carbonyl (C=O) groups is 1. The Hall–Kier alpha value is -1.87. The van der Waals surface area contributed by atoms with Gasteiger partial charge in [0, 0.05) is 12.1 Å². The monoisotopic (exact) mass is 331 g/mol. The number of anilines is 1. The Labute approximate surface area is 143 Å². The van der Waals surface area contributed by atoms with E-state index in [4.69, 9.17) is 11.6 Å². The zero-order chi connectivity index (χ0) is 16.8. The molecule has 0 unspecified atom stereocenters. The minimum Gasteiger partial charge on any atom is -0.319 e. The molecule has 122 valence electrons. The van der Waals surface area contributed by atoms with Crippen molar-refractivity contribution in [3.63, 3.8) is 0 Å². The highest BCUT2D eigenvalue weighted by Gasteiger charge is 2.13. The highest BCUT2D eigenvalue weighted by molar-refractivity contribution is 6.33. The lowest BCUT2D eigenvalue weighted by atomic mass is 9.95. The van der Waals surface area contributed by atoms with Crippen LogP contribution in [0.1, 0.15) is 43.7 Å². The van der Waals surface area contributed by atoms with Crippen LogP contribution in [0, 0.1) is 6.92 Å². The number of pyridine rings is 1. The van der Waals surface area contributed by atoms with E-state index >= 15 is 0 Å². The maximum Gasteiger partial charge on any atom is 0.290 e. The van der Waals surface area contributed by atoms with Crippen LogP contribution in [0.3, 0.4) is 0 Å². The van der Waals surface area contributed by atoms with Gasteiger partial charge in [0.05, 0.1) is 10.7 Å². The molecule has 2 aromatic rings. The zero-order valence-electron chi connectivity index (χ0n) is 14.0. The number of nitrogens with zero attached hydrogens (tertiary/aromatic N) is 1. The molecular weight excluding hydrogens is 308 g/mol. The van der Waals surface area contributed by atoms with E-state index in [9.17, 15) is 4.79 Å². The van der Waals surface area contributed by atoms with Gasteiger partial charge in [0.1, 0.15) is 0 Å². The van der Waals surface area contributed by atoms with E-state index in [2.05, 4.69) is 31.3 Å². The summed E-state index contributed by atoms with van der Waals surface area (Å²) in [6, 6.07) is 9.80. The van der Waals surface area contributed by atoms with Crippen LogP contribution in [-0.2, 0) is 11.3 Å². The van der Waals surface area contributed by atoms with Gasteiger partial charge in [0.15, 0.2) is 12.4 Å². The van der Waals surface area contributed by atoms with E-state index in [1.807, 2.05) is 42.1 Å². The molecule has 1 aromatic carbocycles. The highest BCUT2D eigenvalue weighted by Crippen LogP contribution is 2.23. The molecule has 1 aromatic heterocycles. The smallest absolute Gasteiger partial charge is 0.290 e. The molecule has 0 saturated heterocycles. The first-order valence-electron chi connectivity index (χ1n) is 8.08. The first-order chi connectivity index (χ1) is 11.0. The summed E-state index contributed by atoms with van der Waals surface area (Å²) in [5, 5.41) is 3.42. The van der Waals surface area contributed by atoms with E-state index in [1.165, 1.54) is 5.56 Å². The van der Waals surface area contributed by atoms with Crippen molar-refractivity contribution in [1.29, 1.82) is 0 Å². The first-order valence-corrected chi connectivity index (χ1v) is 8.46. The van der Waals surface area contributed by atoms with E-state index in [0.717, 1.165) is 18.4 Å². The third-order valence-corrected chi connectivity index (χ3v) is 4.41. The molecular formula is C19H24ClN2O+. The Bertz CT molecular complexity index is 664. The quantitative estimate of drug-likeness (QED) is 0.778. The summed E-state index contributed by atoms with van der Waals surface area (Å²) in [5.41, 5.74) is 3.05. The fourth-order valence-corrected chi connectivity index (χ4v) is 2.97. The molecule has 0 spiro atoms. The summed E-state index contributed by atoms with van der Waals surface area (Å²) in [5.74, 6) is 0.501. The molecule has 23 heavy (non-hydrogen) atoms. The van der Waals surface area contributed by atoms with Crippen LogP contribution in [0.2, 0.25) is 5.02 Å². The molecule has 0 fully saturated rings. The number of benzene rings is 1. The van der Waals surface area contributed by atoms with Crippen molar-refractivity contribution in [2.45, 2.75) is 46.1 Å².